The number of aryl methyl sites for hydroxylation is 2. The molecule has 2 aromatic heterocycles. The summed E-state index contributed by atoms with van der Waals surface area (Å²) in [6.45, 7) is 8.47. The van der Waals surface area contributed by atoms with Crippen molar-refractivity contribution in [1.29, 1.82) is 0 Å². The van der Waals surface area contributed by atoms with Gasteiger partial charge in [0, 0.05) is 43.1 Å². The fourth-order valence-corrected chi connectivity index (χ4v) is 4.41. The number of nitrogens with zero attached hydrogens (tertiary/aromatic N) is 6. The van der Waals surface area contributed by atoms with Crippen LogP contribution in [0.3, 0.4) is 0 Å². The van der Waals surface area contributed by atoms with Gasteiger partial charge < -0.3 is 9.80 Å². The molecule has 0 spiro atoms. The van der Waals surface area contributed by atoms with Crippen LogP contribution in [-0.4, -0.2) is 56.5 Å². The summed E-state index contributed by atoms with van der Waals surface area (Å²) in [5, 5.41) is 8.48. The van der Waals surface area contributed by atoms with E-state index < -0.39 is 0 Å². The SMILES string of the molecule is Cc1cccc(N2CCN(C(=O)c3ccc(C)c(-n4nnc5cccnc54)c3)C[C@@H]2C)c1. The fraction of sp³-hybridized carbons (Fsp3) is 0.280. The molecule has 5 rings (SSSR count). The van der Waals surface area contributed by atoms with Gasteiger partial charge in [-0.1, -0.05) is 23.4 Å². The molecule has 2 aromatic carbocycles. The van der Waals surface area contributed by atoms with Crippen LogP contribution in [0.5, 0.6) is 0 Å². The second-order valence-electron chi connectivity index (χ2n) is 8.48. The number of anilines is 1. The molecule has 1 atom stereocenters. The summed E-state index contributed by atoms with van der Waals surface area (Å²) in [6, 6.07) is 18.3. The second kappa shape index (κ2) is 8.07. The van der Waals surface area contributed by atoms with Crippen molar-refractivity contribution in [1.82, 2.24) is 24.9 Å². The summed E-state index contributed by atoms with van der Waals surface area (Å²) in [7, 11) is 0. The van der Waals surface area contributed by atoms with Gasteiger partial charge in [0.2, 0.25) is 0 Å². The Bertz CT molecular complexity index is 1300. The lowest BCUT2D eigenvalue weighted by molar-refractivity contribution is 0.0726. The van der Waals surface area contributed by atoms with Gasteiger partial charge in [-0.25, -0.2) is 4.98 Å². The first-order valence-electron chi connectivity index (χ1n) is 10.9. The van der Waals surface area contributed by atoms with Crippen molar-refractivity contribution in [3.05, 3.63) is 77.5 Å². The van der Waals surface area contributed by atoms with Crippen molar-refractivity contribution >= 4 is 22.8 Å². The molecule has 0 aliphatic carbocycles. The van der Waals surface area contributed by atoms with Gasteiger partial charge >= 0.3 is 0 Å². The molecule has 7 nitrogen and oxygen atoms in total. The number of carbonyl (C=O) groups excluding carboxylic acids is 1. The summed E-state index contributed by atoms with van der Waals surface area (Å²) < 4.78 is 1.71. The molecule has 0 unspecified atom stereocenters. The highest BCUT2D eigenvalue weighted by atomic mass is 16.2. The number of piperazine rings is 1. The van der Waals surface area contributed by atoms with Gasteiger partial charge in [0.1, 0.15) is 5.52 Å². The molecular weight excluding hydrogens is 400 g/mol. The number of hydrogen-bond donors (Lipinski definition) is 0. The third kappa shape index (κ3) is 3.60. The van der Waals surface area contributed by atoms with Gasteiger partial charge in [0.05, 0.1) is 5.69 Å². The minimum Gasteiger partial charge on any atom is -0.365 e. The third-order valence-corrected chi connectivity index (χ3v) is 6.14. The topological polar surface area (TPSA) is 67.2 Å². The van der Waals surface area contributed by atoms with Gasteiger partial charge in [-0.3, -0.25) is 4.79 Å². The first-order chi connectivity index (χ1) is 15.5. The van der Waals surface area contributed by atoms with E-state index in [1.165, 1.54) is 11.3 Å². The normalized spacial score (nSPS) is 16.5. The minimum atomic E-state index is 0.0411. The molecule has 0 bridgehead atoms. The molecule has 4 aromatic rings. The van der Waals surface area contributed by atoms with E-state index in [4.69, 9.17) is 0 Å². The van der Waals surface area contributed by atoms with E-state index in [0.717, 1.165) is 23.3 Å². The number of carbonyl (C=O) groups is 1. The zero-order valence-electron chi connectivity index (χ0n) is 18.6. The molecule has 1 fully saturated rings. The van der Waals surface area contributed by atoms with E-state index in [1.807, 2.05) is 42.2 Å². The molecular formula is C25H26N6O. The molecule has 0 N–H and O–H groups in total. The molecule has 32 heavy (non-hydrogen) atoms. The highest BCUT2D eigenvalue weighted by Crippen LogP contribution is 2.24. The van der Waals surface area contributed by atoms with E-state index in [0.29, 0.717) is 24.3 Å². The molecule has 1 aliphatic rings. The molecule has 0 saturated carbocycles. The van der Waals surface area contributed by atoms with Crippen molar-refractivity contribution in [3.8, 4) is 5.69 Å². The Labute approximate surface area is 187 Å². The van der Waals surface area contributed by atoms with Crippen molar-refractivity contribution in [2.75, 3.05) is 24.5 Å². The molecule has 1 aliphatic heterocycles. The zero-order valence-corrected chi connectivity index (χ0v) is 18.6. The lowest BCUT2D eigenvalue weighted by Gasteiger charge is -2.41. The van der Waals surface area contributed by atoms with Crippen molar-refractivity contribution < 1.29 is 4.79 Å². The molecule has 3 heterocycles. The number of rotatable bonds is 3. The number of amides is 1. The Morgan fingerprint density at radius 1 is 1.03 bits per heavy atom. The summed E-state index contributed by atoms with van der Waals surface area (Å²) in [6.07, 6.45) is 1.72. The van der Waals surface area contributed by atoms with Gasteiger partial charge in [0.15, 0.2) is 5.65 Å². The molecule has 0 radical (unpaired) electrons. The number of hydrogen-bond acceptors (Lipinski definition) is 5. The van der Waals surface area contributed by atoms with Crippen LogP contribution in [0.4, 0.5) is 5.69 Å². The van der Waals surface area contributed by atoms with Crippen molar-refractivity contribution in [2.24, 2.45) is 0 Å². The van der Waals surface area contributed by atoms with E-state index in [9.17, 15) is 4.79 Å². The summed E-state index contributed by atoms with van der Waals surface area (Å²) in [5.74, 6) is 0.0411. The van der Waals surface area contributed by atoms with Crippen LogP contribution in [-0.2, 0) is 0 Å². The number of aromatic nitrogens is 4. The van der Waals surface area contributed by atoms with Crippen LogP contribution in [0.2, 0.25) is 0 Å². The standard InChI is InChI=1S/C25H26N6O/c1-17-6-4-7-21(14-17)30-13-12-29(16-19(30)3)25(32)20-10-9-18(2)23(15-20)31-24-22(27-28-31)8-5-11-26-24/h4-11,14-15,19H,12-13,16H2,1-3H3/t19-/m0/s1. The van der Waals surface area contributed by atoms with Gasteiger partial charge in [0.25, 0.3) is 5.91 Å². The molecule has 1 saturated heterocycles. The van der Waals surface area contributed by atoms with Crippen LogP contribution < -0.4 is 4.90 Å². The number of benzene rings is 2. The Morgan fingerprint density at radius 2 is 1.91 bits per heavy atom. The summed E-state index contributed by atoms with van der Waals surface area (Å²) in [5.41, 5.74) is 6.36. The smallest absolute Gasteiger partial charge is 0.254 e. The van der Waals surface area contributed by atoms with E-state index >= 15 is 0 Å². The lowest BCUT2D eigenvalue weighted by atomic mass is 10.1. The van der Waals surface area contributed by atoms with Gasteiger partial charge in [-0.15, -0.1) is 5.10 Å². The first-order valence-corrected chi connectivity index (χ1v) is 10.9. The van der Waals surface area contributed by atoms with E-state index in [2.05, 4.69) is 58.3 Å². The quantitative estimate of drug-likeness (QED) is 0.499. The summed E-state index contributed by atoms with van der Waals surface area (Å²) in [4.78, 5) is 22.1. The van der Waals surface area contributed by atoms with Gasteiger partial charge in [-0.2, -0.15) is 4.68 Å². The average Bonchev–Trinajstić information content (AvgIpc) is 3.23. The first kappa shape index (κ1) is 20.2. The Kier molecular flexibility index (Phi) is 5.09. The fourth-order valence-electron chi connectivity index (χ4n) is 4.41. The van der Waals surface area contributed by atoms with E-state index in [-0.39, 0.29) is 11.9 Å². The molecule has 162 valence electrons. The third-order valence-electron chi connectivity index (χ3n) is 6.14. The Balaban J connectivity index is 1.39. The zero-order chi connectivity index (χ0) is 22.2. The Morgan fingerprint density at radius 3 is 2.72 bits per heavy atom. The summed E-state index contributed by atoms with van der Waals surface area (Å²) >= 11 is 0. The maximum absolute atomic E-state index is 13.4. The van der Waals surface area contributed by atoms with Crippen LogP contribution in [0.15, 0.2) is 60.8 Å². The van der Waals surface area contributed by atoms with E-state index in [1.54, 1.807) is 10.9 Å². The van der Waals surface area contributed by atoms with Crippen molar-refractivity contribution in [2.45, 2.75) is 26.8 Å². The van der Waals surface area contributed by atoms with Gasteiger partial charge in [-0.05, 0) is 68.3 Å². The molecule has 1 amide bonds. The second-order valence-corrected chi connectivity index (χ2v) is 8.48. The largest absolute Gasteiger partial charge is 0.365 e. The predicted molar refractivity (Wildman–Crippen MR) is 125 cm³/mol. The maximum Gasteiger partial charge on any atom is 0.254 e. The van der Waals surface area contributed by atoms with Crippen LogP contribution in [0, 0.1) is 13.8 Å². The monoisotopic (exact) mass is 426 g/mol. The van der Waals surface area contributed by atoms with Crippen LogP contribution in [0.25, 0.3) is 16.9 Å². The maximum atomic E-state index is 13.4. The Hall–Kier alpha value is -3.74. The average molecular weight is 427 g/mol. The van der Waals surface area contributed by atoms with Crippen LogP contribution in [0.1, 0.15) is 28.4 Å². The van der Waals surface area contributed by atoms with Crippen LogP contribution >= 0.6 is 0 Å². The highest BCUT2D eigenvalue weighted by Gasteiger charge is 2.28. The predicted octanol–water partition coefficient (Wildman–Crippen LogP) is 3.78. The highest BCUT2D eigenvalue weighted by molar-refractivity contribution is 5.95. The number of fused-ring (bicyclic) bond motifs is 1. The molecule has 7 heteroatoms. The van der Waals surface area contributed by atoms with Crippen molar-refractivity contribution in [3.63, 3.8) is 0 Å². The number of pyridine rings is 1. The minimum absolute atomic E-state index is 0.0411. The lowest BCUT2D eigenvalue weighted by Crippen LogP contribution is -2.53.